The van der Waals surface area contributed by atoms with Crippen molar-refractivity contribution in [2.75, 3.05) is 12.4 Å². The van der Waals surface area contributed by atoms with Crippen molar-refractivity contribution in [3.8, 4) is 5.75 Å². The number of carbonyl (C=O) groups excluding carboxylic acids is 2. The number of aryl methyl sites for hydroxylation is 1. The number of nitrogens with one attached hydrogen (secondary N) is 1. The summed E-state index contributed by atoms with van der Waals surface area (Å²) in [6.07, 6.45) is -0.953. The zero-order valence-corrected chi connectivity index (χ0v) is 15.1. The summed E-state index contributed by atoms with van der Waals surface area (Å²) in [5.41, 5.74) is 2.34. The van der Waals surface area contributed by atoms with E-state index in [-0.39, 0.29) is 6.42 Å². The molecule has 0 aromatic heterocycles. The van der Waals surface area contributed by atoms with Crippen molar-refractivity contribution in [3.05, 3.63) is 58.6 Å². The van der Waals surface area contributed by atoms with Gasteiger partial charge in [0.2, 0.25) is 0 Å². The minimum atomic E-state index is -0.918. The maximum absolute atomic E-state index is 12.1. The summed E-state index contributed by atoms with van der Waals surface area (Å²) in [5, 5.41) is 3.20. The molecular formula is C19H20ClNO4. The number of hydrogen-bond donors (Lipinski definition) is 1. The van der Waals surface area contributed by atoms with Gasteiger partial charge in [0.25, 0.3) is 5.91 Å². The van der Waals surface area contributed by atoms with Crippen molar-refractivity contribution in [2.24, 2.45) is 0 Å². The zero-order valence-electron chi connectivity index (χ0n) is 14.3. The van der Waals surface area contributed by atoms with E-state index < -0.39 is 18.0 Å². The molecule has 0 aliphatic heterocycles. The summed E-state index contributed by atoms with van der Waals surface area (Å²) in [4.78, 5) is 24.2. The first-order chi connectivity index (χ1) is 11.9. The molecule has 1 amide bonds. The first kappa shape index (κ1) is 18.8. The average Bonchev–Trinajstić information content (AvgIpc) is 2.57. The summed E-state index contributed by atoms with van der Waals surface area (Å²) in [6, 6.07) is 12.3. The van der Waals surface area contributed by atoms with Crippen LogP contribution in [-0.2, 0) is 20.7 Å². The number of anilines is 1. The fourth-order valence-corrected chi connectivity index (χ4v) is 2.41. The normalized spacial score (nSPS) is 11.5. The number of esters is 1. The van der Waals surface area contributed by atoms with E-state index >= 15 is 0 Å². The Morgan fingerprint density at radius 1 is 1.16 bits per heavy atom. The molecule has 1 N–H and O–H groups in total. The van der Waals surface area contributed by atoms with E-state index in [4.69, 9.17) is 21.1 Å². The number of methoxy groups -OCH3 is 1. The standard InChI is InChI=1S/C19H20ClNO4/c1-12-4-7-16(8-5-12)21-19(23)13(2)25-18(22)11-14-10-15(20)6-9-17(14)24-3/h4-10,13H,11H2,1-3H3,(H,21,23)/t13-/m1/s1. The van der Waals surface area contributed by atoms with Crippen LogP contribution < -0.4 is 10.1 Å². The SMILES string of the molecule is COc1ccc(Cl)cc1CC(=O)O[C@H](C)C(=O)Nc1ccc(C)cc1. The second-order valence-electron chi connectivity index (χ2n) is 5.62. The van der Waals surface area contributed by atoms with Gasteiger partial charge in [-0.15, -0.1) is 0 Å². The van der Waals surface area contributed by atoms with Crippen LogP contribution in [0.1, 0.15) is 18.1 Å². The number of carbonyl (C=O) groups is 2. The fraction of sp³-hybridized carbons (Fsp3) is 0.263. The molecule has 2 aromatic carbocycles. The van der Waals surface area contributed by atoms with Gasteiger partial charge in [-0.2, -0.15) is 0 Å². The zero-order chi connectivity index (χ0) is 18.4. The number of amides is 1. The van der Waals surface area contributed by atoms with Crippen LogP contribution in [0.25, 0.3) is 0 Å². The monoisotopic (exact) mass is 361 g/mol. The van der Waals surface area contributed by atoms with Gasteiger partial charge in [-0.3, -0.25) is 9.59 Å². The first-order valence-corrected chi connectivity index (χ1v) is 8.16. The average molecular weight is 362 g/mol. The van der Waals surface area contributed by atoms with Crippen LogP contribution in [0.2, 0.25) is 5.02 Å². The molecule has 0 aliphatic carbocycles. The van der Waals surface area contributed by atoms with E-state index in [1.165, 1.54) is 14.0 Å². The van der Waals surface area contributed by atoms with Crippen molar-refractivity contribution in [2.45, 2.75) is 26.4 Å². The summed E-state index contributed by atoms with van der Waals surface area (Å²) < 4.78 is 10.4. The Hall–Kier alpha value is -2.53. The van der Waals surface area contributed by atoms with Gasteiger partial charge < -0.3 is 14.8 Å². The number of rotatable bonds is 6. The van der Waals surface area contributed by atoms with Crippen molar-refractivity contribution in [3.63, 3.8) is 0 Å². The highest BCUT2D eigenvalue weighted by atomic mass is 35.5. The van der Waals surface area contributed by atoms with Gasteiger partial charge >= 0.3 is 5.97 Å². The maximum Gasteiger partial charge on any atom is 0.311 e. The topological polar surface area (TPSA) is 64.6 Å². The third-order valence-electron chi connectivity index (χ3n) is 3.57. The molecule has 0 fully saturated rings. The third kappa shape index (κ3) is 5.50. The van der Waals surface area contributed by atoms with Crippen LogP contribution in [-0.4, -0.2) is 25.1 Å². The number of hydrogen-bond acceptors (Lipinski definition) is 4. The highest BCUT2D eigenvalue weighted by Crippen LogP contribution is 2.23. The summed E-state index contributed by atoms with van der Waals surface area (Å²) in [6.45, 7) is 3.48. The van der Waals surface area contributed by atoms with Gasteiger partial charge in [0.05, 0.1) is 13.5 Å². The molecule has 2 rings (SSSR count). The van der Waals surface area contributed by atoms with Gasteiger partial charge in [-0.25, -0.2) is 0 Å². The minimum absolute atomic E-state index is 0.0358. The van der Waals surface area contributed by atoms with E-state index in [2.05, 4.69) is 5.32 Å². The molecule has 0 saturated heterocycles. The van der Waals surface area contributed by atoms with E-state index in [1.807, 2.05) is 19.1 Å². The van der Waals surface area contributed by atoms with E-state index in [9.17, 15) is 9.59 Å². The lowest BCUT2D eigenvalue weighted by molar-refractivity contribution is -0.152. The smallest absolute Gasteiger partial charge is 0.311 e. The Morgan fingerprint density at radius 2 is 1.84 bits per heavy atom. The Balaban J connectivity index is 1.94. The molecule has 0 unspecified atom stereocenters. The van der Waals surface area contributed by atoms with E-state index in [0.717, 1.165) is 5.56 Å². The molecule has 25 heavy (non-hydrogen) atoms. The van der Waals surface area contributed by atoms with Crippen LogP contribution in [0.4, 0.5) is 5.69 Å². The number of halogens is 1. The molecule has 1 atom stereocenters. The molecular weight excluding hydrogens is 342 g/mol. The Morgan fingerprint density at radius 3 is 2.48 bits per heavy atom. The van der Waals surface area contributed by atoms with Crippen molar-refractivity contribution in [1.29, 1.82) is 0 Å². The molecule has 0 saturated carbocycles. The lowest BCUT2D eigenvalue weighted by Crippen LogP contribution is -2.30. The summed E-state index contributed by atoms with van der Waals surface area (Å²) in [7, 11) is 1.51. The van der Waals surface area contributed by atoms with Crippen molar-refractivity contribution < 1.29 is 19.1 Å². The Labute approximate surface area is 151 Å². The molecule has 0 aliphatic rings. The van der Waals surface area contributed by atoms with E-state index in [1.54, 1.807) is 30.3 Å². The predicted molar refractivity (Wildman–Crippen MR) is 97.1 cm³/mol. The van der Waals surface area contributed by atoms with Crippen LogP contribution in [0.3, 0.4) is 0 Å². The van der Waals surface area contributed by atoms with Gasteiger partial charge in [0.1, 0.15) is 5.75 Å². The highest BCUT2D eigenvalue weighted by molar-refractivity contribution is 6.30. The Bertz CT molecular complexity index is 759. The quantitative estimate of drug-likeness (QED) is 0.795. The lowest BCUT2D eigenvalue weighted by atomic mass is 10.1. The van der Waals surface area contributed by atoms with Crippen LogP contribution in [0.15, 0.2) is 42.5 Å². The van der Waals surface area contributed by atoms with Crippen LogP contribution in [0.5, 0.6) is 5.75 Å². The maximum atomic E-state index is 12.1. The lowest BCUT2D eigenvalue weighted by Gasteiger charge is -2.14. The van der Waals surface area contributed by atoms with Crippen LogP contribution >= 0.6 is 11.6 Å². The highest BCUT2D eigenvalue weighted by Gasteiger charge is 2.19. The number of benzene rings is 2. The summed E-state index contributed by atoms with van der Waals surface area (Å²) in [5.74, 6) is -0.388. The van der Waals surface area contributed by atoms with Crippen molar-refractivity contribution >= 4 is 29.2 Å². The van der Waals surface area contributed by atoms with Gasteiger partial charge in [0.15, 0.2) is 6.10 Å². The number of ether oxygens (including phenoxy) is 2. The largest absolute Gasteiger partial charge is 0.496 e. The molecule has 0 bridgehead atoms. The Kier molecular flexibility index (Phi) is 6.42. The van der Waals surface area contributed by atoms with Gasteiger partial charge in [-0.1, -0.05) is 29.3 Å². The molecule has 6 heteroatoms. The molecule has 132 valence electrons. The van der Waals surface area contributed by atoms with Gasteiger partial charge in [0, 0.05) is 16.3 Å². The minimum Gasteiger partial charge on any atom is -0.496 e. The molecule has 2 aromatic rings. The molecule has 0 spiro atoms. The molecule has 0 heterocycles. The third-order valence-corrected chi connectivity index (χ3v) is 3.81. The van der Waals surface area contributed by atoms with E-state index in [0.29, 0.717) is 22.0 Å². The van der Waals surface area contributed by atoms with Crippen LogP contribution in [0, 0.1) is 6.92 Å². The van der Waals surface area contributed by atoms with Crippen molar-refractivity contribution in [1.82, 2.24) is 0 Å². The summed E-state index contributed by atoms with van der Waals surface area (Å²) >= 11 is 5.94. The second-order valence-corrected chi connectivity index (χ2v) is 6.06. The first-order valence-electron chi connectivity index (χ1n) is 7.78. The van der Waals surface area contributed by atoms with Gasteiger partial charge in [-0.05, 0) is 44.2 Å². The molecule has 5 nitrogen and oxygen atoms in total. The second kappa shape index (κ2) is 8.53. The fourth-order valence-electron chi connectivity index (χ4n) is 2.21. The predicted octanol–water partition coefficient (Wildman–Crippen LogP) is 3.77. The molecule has 0 radical (unpaired) electrons.